The number of carbonyl (C=O) groups excluding carboxylic acids is 2. The van der Waals surface area contributed by atoms with E-state index in [0.29, 0.717) is 35.3 Å². The van der Waals surface area contributed by atoms with E-state index in [1.165, 1.54) is 12.1 Å². The molecule has 1 fully saturated rings. The first-order valence-electron chi connectivity index (χ1n) is 12.9. The van der Waals surface area contributed by atoms with Gasteiger partial charge in [0.05, 0.1) is 6.42 Å². The maximum Gasteiger partial charge on any atom is 0.249 e. The molecular weight excluding hydrogens is 519 g/mol. The molecule has 7 nitrogen and oxygen atoms in total. The third kappa shape index (κ3) is 6.70. The summed E-state index contributed by atoms with van der Waals surface area (Å²) in [5, 5.41) is 4.74. The standard InChI is InChI=1S/C30H28ClFN4O3/c31-24-13-11-23(12-14-24)29-33-30(39-34-29)26-8-4-5-17-36(26)28(38)20-35(19-22-6-2-1-3-7-22)27(37)18-21-9-15-25(32)16-10-21/h1-3,6-7,9-16,26H,4-5,8,17-20H2/t26-/m1/s1. The van der Waals surface area contributed by atoms with Gasteiger partial charge in [0.1, 0.15) is 18.4 Å². The average Bonchev–Trinajstić information content (AvgIpc) is 3.45. The molecule has 200 valence electrons. The SMILES string of the molecule is O=C(Cc1ccc(F)cc1)N(CC(=O)N1CCCC[C@@H]1c1nc(-c2ccc(Cl)cc2)no1)Cc1ccccc1. The third-order valence-corrected chi connectivity index (χ3v) is 7.07. The lowest BCUT2D eigenvalue weighted by Crippen LogP contribution is -2.46. The second-order valence-corrected chi connectivity index (χ2v) is 10.0. The molecule has 0 radical (unpaired) electrons. The van der Waals surface area contributed by atoms with E-state index in [9.17, 15) is 14.0 Å². The topological polar surface area (TPSA) is 79.5 Å². The molecule has 5 rings (SSSR count). The largest absolute Gasteiger partial charge is 0.337 e. The fourth-order valence-electron chi connectivity index (χ4n) is 4.75. The van der Waals surface area contributed by atoms with Crippen molar-refractivity contribution in [3.63, 3.8) is 0 Å². The van der Waals surface area contributed by atoms with Crippen molar-refractivity contribution in [1.82, 2.24) is 19.9 Å². The van der Waals surface area contributed by atoms with Gasteiger partial charge in [0.15, 0.2) is 0 Å². The van der Waals surface area contributed by atoms with Gasteiger partial charge in [-0.2, -0.15) is 4.98 Å². The van der Waals surface area contributed by atoms with Gasteiger partial charge in [-0.25, -0.2) is 4.39 Å². The summed E-state index contributed by atoms with van der Waals surface area (Å²) in [7, 11) is 0. The zero-order chi connectivity index (χ0) is 27.2. The van der Waals surface area contributed by atoms with Gasteiger partial charge in [-0.3, -0.25) is 9.59 Å². The van der Waals surface area contributed by atoms with Crippen LogP contribution in [-0.2, 0) is 22.6 Å². The van der Waals surface area contributed by atoms with Gasteiger partial charge in [-0.1, -0.05) is 59.2 Å². The second kappa shape index (κ2) is 12.2. The number of hydrogen-bond donors (Lipinski definition) is 0. The normalized spacial score (nSPS) is 15.2. The molecule has 1 atom stereocenters. The Balaban J connectivity index is 1.34. The molecule has 1 saturated heterocycles. The second-order valence-electron chi connectivity index (χ2n) is 9.60. The summed E-state index contributed by atoms with van der Waals surface area (Å²) in [5.74, 6) is 0.0449. The van der Waals surface area contributed by atoms with E-state index < -0.39 is 0 Å². The molecule has 4 aromatic rings. The summed E-state index contributed by atoms with van der Waals surface area (Å²) in [5.41, 5.74) is 2.37. The quantitative estimate of drug-likeness (QED) is 0.277. The number of benzene rings is 3. The Morgan fingerprint density at radius 3 is 2.46 bits per heavy atom. The van der Waals surface area contributed by atoms with E-state index >= 15 is 0 Å². The van der Waals surface area contributed by atoms with Crippen molar-refractivity contribution in [3.05, 3.63) is 107 Å². The molecule has 2 heterocycles. The number of amides is 2. The smallest absolute Gasteiger partial charge is 0.249 e. The summed E-state index contributed by atoms with van der Waals surface area (Å²) in [4.78, 5) is 34.9. The Bertz CT molecular complexity index is 1410. The highest BCUT2D eigenvalue weighted by molar-refractivity contribution is 6.30. The van der Waals surface area contributed by atoms with Crippen LogP contribution in [0.3, 0.4) is 0 Å². The number of carbonyl (C=O) groups is 2. The van der Waals surface area contributed by atoms with Crippen molar-refractivity contribution in [1.29, 1.82) is 0 Å². The number of likely N-dealkylation sites (tertiary alicyclic amines) is 1. The molecule has 2 amide bonds. The van der Waals surface area contributed by atoms with Gasteiger partial charge < -0.3 is 14.3 Å². The summed E-state index contributed by atoms with van der Waals surface area (Å²) < 4.78 is 19.0. The number of halogens is 2. The zero-order valence-electron chi connectivity index (χ0n) is 21.3. The summed E-state index contributed by atoms with van der Waals surface area (Å²) in [6.45, 7) is 0.726. The highest BCUT2D eigenvalue weighted by Gasteiger charge is 2.33. The van der Waals surface area contributed by atoms with E-state index in [2.05, 4.69) is 10.1 Å². The molecule has 3 aromatic carbocycles. The van der Waals surface area contributed by atoms with Crippen LogP contribution < -0.4 is 0 Å². The van der Waals surface area contributed by atoms with Crippen LogP contribution in [0.2, 0.25) is 5.02 Å². The number of piperidine rings is 1. The molecule has 0 bridgehead atoms. The Hall–Kier alpha value is -4.04. The van der Waals surface area contributed by atoms with Gasteiger partial charge in [-0.05, 0) is 66.8 Å². The molecule has 0 unspecified atom stereocenters. The minimum atomic E-state index is -0.370. The Labute approximate surface area is 231 Å². The highest BCUT2D eigenvalue weighted by Crippen LogP contribution is 2.31. The average molecular weight is 547 g/mol. The fraction of sp³-hybridized carbons (Fsp3) is 0.267. The number of rotatable bonds is 8. The minimum Gasteiger partial charge on any atom is -0.337 e. The maximum atomic E-state index is 13.7. The van der Waals surface area contributed by atoms with Gasteiger partial charge in [-0.15, -0.1) is 0 Å². The van der Waals surface area contributed by atoms with Crippen molar-refractivity contribution in [2.75, 3.05) is 13.1 Å². The van der Waals surface area contributed by atoms with E-state index in [4.69, 9.17) is 16.1 Å². The van der Waals surface area contributed by atoms with Crippen LogP contribution in [0.5, 0.6) is 0 Å². The van der Waals surface area contributed by atoms with Crippen molar-refractivity contribution in [3.8, 4) is 11.4 Å². The van der Waals surface area contributed by atoms with Gasteiger partial charge >= 0.3 is 0 Å². The molecule has 39 heavy (non-hydrogen) atoms. The van der Waals surface area contributed by atoms with Crippen LogP contribution >= 0.6 is 11.6 Å². The third-order valence-electron chi connectivity index (χ3n) is 6.82. The van der Waals surface area contributed by atoms with Crippen molar-refractivity contribution in [2.45, 2.75) is 38.3 Å². The lowest BCUT2D eigenvalue weighted by atomic mass is 10.0. The molecule has 9 heteroatoms. The predicted octanol–water partition coefficient (Wildman–Crippen LogP) is 5.85. The lowest BCUT2D eigenvalue weighted by molar-refractivity contribution is -0.143. The van der Waals surface area contributed by atoms with Crippen molar-refractivity contribution < 1.29 is 18.5 Å². The fourth-order valence-corrected chi connectivity index (χ4v) is 4.88. The molecule has 1 aliphatic rings. The molecule has 0 saturated carbocycles. The highest BCUT2D eigenvalue weighted by atomic mass is 35.5. The van der Waals surface area contributed by atoms with Gasteiger partial charge in [0, 0.05) is 23.7 Å². The zero-order valence-corrected chi connectivity index (χ0v) is 22.1. The molecule has 1 aliphatic heterocycles. The van der Waals surface area contributed by atoms with Gasteiger partial charge in [0.2, 0.25) is 23.5 Å². The number of hydrogen-bond acceptors (Lipinski definition) is 5. The Kier molecular flexibility index (Phi) is 8.32. The molecule has 0 aliphatic carbocycles. The van der Waals surface area contributed by atoms with Crippen LogP contribution in [0, 0.1) is 5.82 Å². The summed E-state index contributed by atoms with van der Waals surface area (Å²) in [6.07, 6.45) is 2.53. The Morgan fingerprint density at radius 2 is 1.72 bits per heavy atom. The maximum absolute atomic E-state index is 13.7. The molecule has 0 N–H and O–H groups in total. The van der Waals surface area contributed by atoms with E-state index in [0.717, 1.165) is 24.0 Å². The Morgan fingerprint density at radius 1 is 0.974 bits per heavy atom. The van der Waals surface area contributed by atoms with Crippen molar-refractivity contribution in [2.24, 2.45) is 0 Å². The van der Waals surface area contributed by atoms with Crippen LogP contribution in [0.4, 0.5) is 4.39 Å². The van der Waals surface area contributed by atoms with Crippen LogP contribution in [0.1, 0.15) is 42.3 Å². The number of nitrogens with zero attached hydrogens (tertiary/aromatic N) is 4. The molecule has 0 spiro atoms. The predicted molar refractivity (Wildman–Crippen MR) is 145 cm³/mol. The van der Waals surface area contributed by atoms with Crippen LogP contribution in [-0.4, -0.2) is 44.8 Å². The van der Waals surface area contributed by atoms with Gasteiger partial charge in [0.25, 0.3) is 0 Å². The van der Waals surface area contributed by atoms with E-state index in [-0.39, 0.29) is 43.2 Å². The number of aromatic nitrogens is 2. The summed E-state index contributed by atoms with van der Waals surface area (Å²) in [6, 6.07) is 22.1. The first kappa shape index (κ1) is 26.6. The van der Waals surface area contributed by atoms with Crippen LogP contribution in [0.25, 0.3) is 11.4 Å². The van der Waals surface area contributed by atoms with E-state index in [1.54, 1.807) is 34.1 Å². The first-order chi connectivity index (χ1) is 19.0. The van der Waals surface area contributed by atoms with Crippen molar-refractivity contribution >= 4 is 23.4 Å². The van der Waals surface area contributed by atoms with Crippen LogP contribution in [0.15, 0.2) is 83.4 Å². The van der Waals surface area contributed by atoms with E-state index in [1.807, 2.05) is 42.5 Å². The minimum absolute atomic E-state index is 0.0674. The lowest BCUT2D eigenvalue weighted by Gasteiger charge is -2.35. The molecular formula is C30H28ClFN4O3. The first-order valence-corrected chi connectivity index (χ1v) is 13.3. The molecule has 1 aromatic heterocycles. The summed E-state index contributed by atoms with van der Waals surface area (Å²) >= 11 is 5.99. The monoisotopic (exact) mass is 546 g/mol.